The Bertz CT molecular complexity index is 1510. The van der Waals surface area contributed by atoms with Crippen LogP contribution in [-0.4, -0.2) is 68.4 Å². The number of para-hydroxylation sites is 1. The first-order valence-corrected chi connectivity index (χ1v) is 14.1. The molecule has 39 heavy (non-hydrogen) atoms. The van der Waals surface area contributed by atoms with Crippen LogP contribution in [0.4, 0.5) is 16.2 Å². The number of hydrogen-bond donors (Lipinski definition) is 2. The van der Waals surface area contributed by atoms with Crippen molar-refractivity contribution in [2.45, 2.75) is 23.5 Å². The molecule has 1 saturated heterocycles. The number of urea groups is 1. The van der Waals surface area contributed by atoms with E-state index in [-0.39, 0.29) is 29.1 Å². The number of hydrogen-bond acceptors (Lipinski definition) is 7. The number of halogens is 1. The third-order valence-electron chi connectivity index (χ3n) is 6.26. The topological polar surface area (TPSA) is 133 Å². The van der Waals surface area contributed by atoms with Gasteiger partial charge in [-0.25, -0.2) is 22.4 Å². The minimum absolute atomic E-state index is 0.0219. The number of aliphatic hydroxyl groups is 1. The number of ether oxygens (including phenoxy) is 1. The molecule has 1 fully saturated rings. The summed E-state index contributed by atoms with van der Waals surface area (Å²) >= 11 is 6.25. The van der Waals surface area contributed by atoms with E-state index in [1.165, 1.54) is 25.3 Å². The number of carbonyl (C=O) groups excluding carboxylic acids is 3. The van der Waals surface area contributed by atoms with Crippen molar-refractivity contribution in [2.24, 2.45) is 0 Å². The molecule has 1 heterocycles. The van der Waals surface area contributed by atoms with Crippen molar-refractivity contribution in [1.82, 2.24) is 4.90 Å². The van der Waals surface area contributed by atoms with Crippen molar-refractivity contribution in [1.29, 1.82) is 0 Å². The number of likely N-dealkylation sites (tertiary alicyclic amines) is 1. The molecule has 2 unspecified atom stereocenters. The van der Waals surface area contributed by atoms with Gasteiger partial charge < -0.3 is 20.1 Å². The molecule has 3 amide bonds. The molecule has 1 aliphatic rings. The number of aliphatic hydroxyl groups excluding tert-OH is 1. The van der Waals surface area contributed by atoms with Crippen LogP contribution in [0.3, 0.4) is 0 Å². The summed E-state index contributed by atoms with van der Waals surface area (Å²) in [5.41, 5.74) is 1.26. The lowest BCUT2D eigenvalue weighted by molar-refractivity contribution is -0.119. The minimum Gasteiger partial charge on any atom is -0.465 e. The Hall–Kier alpha value is -3.93. The highest BCUT2D eigenvalue weighted by Gasteiger charge is 2.41. The number of esters is 1. The van der Waals surface area contributed by atoms with Crippen LogP contribution in [0.2, 0.25) is 0 Å². The fourth-order valence-electron chi connectivity index (χ4n) is 4.40. The van der Waals surface area contributed by atoms with Gasteiger partial charge in [-0.3, -0.25) is 4.79 Å². The highest BCUT2D eigenvalue weighted by atomic mass is 35.5. The van der Waals surface area contributed by atoms with E-state index >= 15 is 0 Å². The molecule has 0 aliphatic carbocycles. The van der Waals surface area contributed by atoms with E-state index in [0.29, 0.717) is 16.8 Å². The van der Waals surface area contributed by atoms with Gasteiger partial charge >= 0.3 is 12.0 Å². The van der Waals surface area contributed by atoms with Crippen LogP contribution in [0.15, 0.2) is 77.7 Å². The van der Waals surface area contributed by atoms with Gasteiger partial charge in [0.1, 0.15) is 6.04 Å². The molecule has 0 bridgehead atoms. The maximum absolute atomic E-state index is 13.3. The Balaban J connectivity index is 1.64. The zero-order chi connectivity index (χ0) is 28.3. The molecule has 0 aromatic heterocycles. The van der Waals surface area contributed by atoms with Gasteiger partial charge in [-0.2, -0.15) is 0 Å². The number of β-amino-alcohol motifs (C(OH)–C–C–N with tert-alkyl or cyclic N) is 1. The number of nitrogens with one attached hydrogen (secondary N) is 1. The number of benzene rings is 3. The number of sulfone groups is 1. The summed E-state index contributed by atoms with van der Waals surface area (Å²) in [5.74, 6) is -1.41. The maximum atomic E-state index is 13.3. The van der Waals surface area contributed by atoms with Crippen LogP contribution in [-0.2, 0) is 19.4 Å². The molecule has 2 atom stereocenters. The maximum Gasteiger partial charge on any atom is 0.340 e. The SMILES string of the molecule is COC(=O)c1cc(-c2ccccc2S(C)(=O)=O)ccc1NC(=O)C1CC(O)CN1C(=O)N(Cl)c1ccccc1. The molecule has 3 aromatic carbocycles. The second-order valence-electron chi connectivity index (χ2n) is 8.97. The average molecular weight is 572 g/mol. The van der Waals surface area contributed by atoms with E-state index in [0.717, 1.165) is 15.6 Å². The number of anilines is 2. The quantitative estimate of drug-likeness (QED) is 0.340. The zero-order valence-electron chi connectivity index (χ0n) is 21.1. The van der Waals surface area contributed by atoms with Crippen molar-refractivity contribution in [3.8, 4) is 11.1 Å². The standard InChI is InChI=1S/C27H26ClN3O7S/c1-38-26(34)21-14-17(20-10-6-7-11-24(20)39(2,36)37)12-13-22(21)29-25(33)23-15-19(32)16-30(23)27(35)31(28)18-8-4-3-5-9-18/h3-14,19,23,32H,15-16H2,1-2H3,(H,29,33). The Kier molecular flexibility index (Phi) is 8.24. The van der Waals surface area contributed by atoms with Gasteiger partial charge in [0.25, 0.3) is 0 Å². The van der Waals surface area contributed by atoms with Gasteiger partial charge in [-0.05, 0) is 35.9 Å². The Morgan fingerprint density at radius 2 is 1.72 bits per heavy atom. The molecule has 204 valence electrons. The Morgan fingerprint density at radius 3 is 2.38 bits per heavy atom. The lowest BCUT2D eigenvalue weighted by atomic mass is 10.0. The van der Waals surface area contributed by atoms with Gasteiger partial charge in [0.2, 0.25) is 5.91 Å². The first-order chi connectivity index (χ1) is 18.5. The highest BCUT2D eigenvalue weighted by Crippen LogP contribution is 2.32. The van der Waals surface area contributed by atoms with E-state index < -0.39 is 39.9 Å². The highest BCUT2D eigenvalue weighted by molar-refractivity contribution is 7.90. The van der Waals surface area contributed by atoms with Gasteiger partial charge in [-0.15, -0.1) is 0 Å². The van der Waals surface area contributed by atoms with Crippen molar-refractivity contribution in [3.05, 3.63) is 78.4 Å². The van der Waals surface area contributed by atoms with E-state index in [9.17, 15) is 27.9 Å². The monoisotopic (exact) mass is 571 g/mol. The van der Waals surface area contributed by atoms with Crippen LogP contribution < -0.4 is 9.74 Å². The fraction of sp³-hybridized carbons (Fsp3) is 0.222. The first-order valence-electron chi connectivity index (χ1n) is 11.8. The number of rotatable bonds is 6. The molecule has 10 nitrogen and oxygen atoms in total. The van der Waals surface area contributed by atoms with E-state index in [2.05, 4.69) is 5.32 Å². The van der Waals surface area contributed by atoms with Gasteiger partial charge in [0.05, 0.1) is 35.0 Å². The first kappa shape index (κ1) is 28.1. The van der Waals surface area contributed by atoms with Crippen LogP contribution in [0.25, 0.3) is 11.1 Å². The van der Waals surface area contributed by atoms with Gasteiger partial charge in [0.15, 0.2) is 9.84 Å². The summed E-state index contributed by atoms with van der Waals surface area (Å²) in [5, 5.41) is 12.9. The van der Waals surface area contributed by atoms with E-state index in [4.69, 9.17) is 16.5 Å². The Labute approximate surface area is 230 Å². The second kappa shape index (κ2) is 11.4. The average Bonchev–Trinajstić information content (AvgIpc) is 3.33. The summed E-state index contributed by atoms with van der Waals surface area (Å²) in [6.45, 7) is -0.113. The predicted octanol–water partition coefficient (Wildman–Crippen LogP) is 3.70. The molecule has 0 saturated carbocycles. The molecule has 1 aliphatic heterocycles. The third kappa shape index (κ3) is 6.06. The zero-order valence-corrected chi connectivity index (χ0v) is 22.6. The van der Waals surface area contributed by atoms with E-state index in [1.807, 2.05) is 0 Å². The third-order valence-corrected chi connectivity index (χ3v) is 7.75. The predicted molar refractivity (Wildman–Crippen MR) is 146 cm³/mol. The lowest BCUT2D eigenvalue weighted by Crippen LogP contribution is -2.47. The normalized spacial score (nSPS) is 17.0. The van der Waals surface area contributed by atoms with Gasteiger partial charge in [-0.1, -0.05) is 42.5 Å². The van der Waals surface area contributed by atoms with Gasteiger partial charge in [0, 0.05) is 36.6 Å². The van der Waals surface area contributed by atoms with Crippen molar-refractivity contribution < 1.29 is 32.6 Å². The molecule has 4 rings (SSSR count). The summed E-state index contributed by atoms with van der Waals surface area (Å²) in [7, 11) is -2.39. The number of amides is 3. The summed E-state index contributed by atoms with van der Waals surface area (Å²) in [6, 6.07) is 17.4. The number of nitrogens with zero attached hydrogens (tertiary/aromatic N) is 2. The summed E-state index contributed by atoms with van der Waals surface area (Å²) in [6.07, 6.45) is 0.0927. The molecular formula is C27H26ClN3O7S. The van der Waals surface area contributed by atoms with Crippen LogP contribution in [0.5, 0.6) is 0 Å². The molecule has 3 aromatic rings. The van der Waals surface area contributed by atoms with Crippen molar-refractivity contribution in [2.75, 3.05) is 29.6 Å². The second-order valence-corrected chi connectivity index (χ2v) is 11.3. The van der Waals surface area contributed by atoms with Crippen molar-refractivity contribution >= 4 is 50.9 Å². The molecule has 12 heteroatoms. The van der Waals surface area contributed by atoms with E-state index in [1.54, 1.807) is 54.6 Å². The summed E-state index contributed by atoms with van der Waals surface area (Å²) in [4.78, 5) is 40.3. The minimum atomic E-state index is -3.57. The Morgan fingerprint density at radius 1 is 1.05 bits per heavy atom. The van der Waals surface area contributed by atoms with Crippen LogP contribution in [0, 0.1) is 0 Å². The molecular weight excluding hydrogens is 546 g/mol. The molecule has 0 radical (unpaired) electrons. The largest absolute Gasteiger partial charge is 0.465 e. The fourth-order valence-corrected chi connectivity index (χ4v) is 5.52. The number of carbonyl (C=O) groups is 3. The number of methoxy groups -OCH3 is 1. The van der Waals surface area contributed by atoms with Crippen molar-refractivity contribution in [3.63, 3.8) is 0 Å². The lowest BCUT2D eigenvalue weighted by Gasteiger charge is -2.27. The van der Waals surface area contributed by atoms with Crippen LogP contribution in [0.1, 0.15) is 16.8 Å². The van der Waals surface area contributed by atoms with Crippen LogP contribution >= 0.6 is 11.8 Å². The summed E-state index contributed by atoms with van der Waals surface area (Å²) < 4.78 is 30.4. The molecule has 2 N–H and O–H groups in total. The smallest absolute Gasteiger partial charge is 0.340 e. The molecule has 0 spiro atoms.